The molecule has 5 nitrogen and oxygen atoms in total. The van der Waals surface area contributed by atoms with E-state index in [0.717, 1.165) is 6.42 Å². The summed E-state index contributed by atoms with van der Waals surface area (Å²) in [6.45, 7) is -0.356. The number of alkyl halides is 2. The van der Waals surface area contributed by atoms with Gasteiger partial charge in [-0.15, -0.1) is 0 Å². The Balaban J connectivity index is 1.48. The van der Waals surface area contributed by atoms with Gasteiger partial charge in [0.05, 0.1) is 12.6 Å². The van der Waals surface area contributed by atoms with E-state index < -0.39 is 13.0 Å². The molecule has 21 heavy (non-hydrogen) atoms. The first-order chi connectivity index (χ1) is 10.2. The number of rotatable bonds is 6. The van der Waals surface area contributed by atoms with Gasteiger partial charge in [-0.1, -0.05) is 18.0 Å². The SMILES string of the molecule is FC(F)COCCc1noc(C2CC3CCCCC3N2)n1. The first-order valence-electron chi connectivity index (χ1n) is 7.67. The van der Waals surface area contributed by atoms with Crippen LogP contribution in [0.5, 0.6) is 0 Å². The molecule has 1 N–H and O–H groups in total. The average Bonchev–Trinajstić information content (AvgIpc) is 3.09. The lowest BCUT2D eigenvalue weighted by Crippen LogP contribution is -2.30. The largest absolute Gasteiger partial charge is 0.375 e. The van der Waals surface area contributed by atoms with Gasteiger partial charge in [-0.3, -0.25) is 0 Å². The summed E-state index contributed by atoms with van der Waals surface area (Å²) in [4.78, 5) is 4.36. The number of hydrogen-bond acceptors (Lipinski definition) is 5. The van der Waals surface area contributed by atoms with Crippen LogP contribution in [0, 0.1) is 5.92 Å². The third kappa shape index (κ3) is 3.77. The fraction of sp³-hybridized carbons (Fsp3) is 0.857. The second kappa shape index (κ2) is 6.79. The summed E-state index contributed by atoms with van der Waals surface area (Å²) in [5.74, 6) is 1.86. The molecule has 1 aliphatic heterocycles. The summed E-state index contributed by atoms with van der Waals surface area (Å²) in [5, 5.41) is 7.48. The van der Waals surface area contributed by atoms with Gasteiger partial charge < -0.3 is 14.6 Å². The predicted molar refractivity (Wildman–Crippen MR) is 71.1 cm³/mol. The van der Waals surface area contributed by atoms with Crippen LogP contribution >= 0.6 is 0 Å². The molecule has 1 aromatic heterocycles. The Morgan fingerprint density at radius 3 is 3.00 bits per heavy atom. The Morgan fingerprint density at radius 1 is 1.33 bits per heavy atom. The van der Waals surface area contributed by atoms with Crippen molar-refractivity contribution >= 4 is 0 Å². The molecule has 0 spiro atoms. The summed E-state index contributed by atoms with van der Waals surface area (Å²) in [6.07, 6.45) is 4.12. The first-order valence-corrected chi connectivity index (χ1v) is 7.67. The van der Waals surface area contributed by atoms with Gasteiger partial charge in [-0.05, 0) is 25.2 Å². The van der Waals surface area contributed by atoms with E-state index in [-0.39, 0.29) is 12.6 Å². The maximum atomic E-state index is 11.9. The Kier molecular flexibility index (Phi) is 4.80. The van der Waals surface area contributed by atoms with Crippen molar-refractivity contribution < 1.29 is 18.0 Å². The second-order valence-corrected chi connectivity index (χ2v) is 5.87. The van der Waals surface area contributed by atoms with Crippen molar-refractivity contribution in [1.82, 2.24) is 15.5 Å². The quantitative estimate of drug-likeness (QED) is 0.818. The van der Waals surface area contributed by atoms with Crippen molar-refractivity contribution in [1.29, 1.82) is 0 Å². The highest BCUT2D eigenvalue weighted by molar-refractivity contribution is 5.01. The number of ether oxygens (including phenoxy) is 1. The molecular weight excluding hydrogens is 280 g/mol. The van der Waals surface area contributed by atoms with E-state index in [1.165, 1.54) is 25.7 Å². The molecule has 1 aliphatic carbocycles. The fourth-order valence-electron chi connectivity index (χ4n) is 3.36. The van der Waals surface area contributed by atoms with Gasteiger partial charge >= 0.3 is 0 Å². The number of aromatic nitrogens is 2. The van der Waals surface area contributed by atoms with Crippen molar-refractivity contribution in [3.8, 4) is 0 Å². The summed E-state index contributed by atoms with van der Waals surface area (Å²) >= 11 is 0. The molecule has 118 valence electrons. The zero-order valence-corrected chi connectivity index (χ0v) is 11.9. The van der Waals surface area contributed by atoms with Crippen LogP contribution in [-0.2, 0) is 11.2 Å². The minimum atomic E-state index is -2.43. The van der Waals surface area contributed by atoms with Crippen molar-refractivity contribution in [2.24, 2.45) is 5.92 Å². The third-order valence-corrected chi connectivity index (χ3v) is 4.36. The highest BCUT2D eigenvalue weighted by Crippen LogP contribution is 2.38. The maximum absolute atomic E-state index is 11.9. The zero-order chi connectivity index (χ0) is 14.7. The lowest BCUT2D eigenvalue weighted by Gasteiger charge is -2.24. The molecule has 0 amide bonds. The summed E-state index contributed by atoms with van der Waals surface area (Å²) < 4.78 is 34.0. The van der Waals surface area contributed by atoms with E-state index in [9.17, 15) is 8.78 Å². The molecule has 0 bridgehead atoms. The van der Waals surface area contributed by atoms with E-state index in [0.29, 0.717) is 30.1 Å². The van der Waals surface area contributed by atoms with E-state index in [1.807, 2.05) is 0 Å². The number of hydrogen-bond donors (Lipinski definition) is 1. The average molecular weight is 301 g/mol. The van der Waals surface area contributed by atoms with Crippen LogP contribution < -0.4 is 5.32 Å². The highest BCUT2D eigenvalue weighted by atomic mass is 19.3. The molecule has 3 unspecified atom stereocenters. The molecule has 1 saturated carbocycles. The van der Waals surface area contributed by atoms with Crippen LogP contribution in [0.3, 0.4) is 0 Å². The van der Waals surface area contributed by atoms with Crippen LogP contribution in [-0.4, -0.2) is 35.8 Å². The van der Waals surface area contributed by atoms with Gasteiger partial charge in [-0.25, -0.2) is 8.78 Å². The fourth-order valence-corrected chi connectivity index (χ4v) is 3.36. The molecule has 3 atom stereocenters. The molecule has 7 heteroatoms. The van der Waals surface area contributed by atoms with Gasteiger partial charge in [0.15, 0.2) is 5.82 Å². The van der Waals surface area contributed by atoms with E-state index in [1.54, 1.807) is 0 Å². The molecule has 2 heterocycles. The van der Waals surface area contributed by atoms with Gasteiger partial charge in [0.25, 0.3) is 6.43 Å². The minimum Gasteiger partial charge on any atom is -0.375 e. The molecule has 3 rings (SSSR count). The number of nitrogens with one attached hydrogen (secondary N) is 1. The van der Waals surface area contributed by atoms with E-state index in [4.69, 9.17) is 9.26 Å². The van der Waals surface area contributed by atoms with Crippen molar-refractivity contribution in [3.05, 3.63) is 11.7 Å². The second-order valence-electron chi connectivity index (χ2n) is 5.87. The van der Waals surface area contributed by atoms with Gasteiger partial charge in [-0.2, -0.15) is 4.98 Å². The van der Waals surface area contributed by atoms with Crippen LogP contribution in [0.4, 0.5) is 8.78 Å². The van der Waals surface area contributed by atoms with Gasteiger partial charge in [0.2, 0.25) is 5.89 Å². The van der Waals surface area contributed by atoms with Crippen LogP contribution in [0.1, 0.15) is 49.9 Å². The minimum absolute atomic E-state index is 0.140. The van der Waals surface area contributed by atoms with Crippen LogP contribution in [0.15, 0.2) is 4.52 Å². The lowest BCUT2D eigenvalue weighted by molar-refractivity contribution is 0.0182. The third-order valence-electron chi connectivity index (χ3n) is 4.36. The first kappa shape index (κ1) is 14.8. The lowest BCUT2D eigenvalue weighted by atomic mass is 9.85. The summed E-state index contributed by atoms with van der Waals surface area (Å²) in [6, 6.07) is 0.717. The number of halogens is 2. The van der Waals surface area contributed by atoms with Gasteiger partial charge in [0.1, 0.15) is 6.61 Å². The molecule has 2 aliphatic rings. The number of nitrogens with zero attached hydrogens (tertiary/aromatic N) is 2. The van der Waals surface area contributed by atoms with E-state index >= 15 is 0 Å². The molecular formula is C14H21F2N3O2. The van der Waals surface area contributed by atoms with Gasteiger partial charge in [0, 0.05) is 12.5 Å². The molecule has 1 saturated heterocycles. The Bertz CT molecular complexity index is 441. The summed E-state index contributed by atoms with van der Waals surface area (Å²) in [5.41, 5.74) is 0. The van der Waals surface area contributed by atoms with Crippen molar-refractivity contribution in [2.45, 2.75) is 57.0 Å². The normalized spacial score (nSPS) is 29.0. The van der Waals surface area contributed by atoms with Crippen molar-refractivity contribution in [2.75, 3.05) is 13.2 Å². The Hall–Kier alpha value is -1.08. The summed E-state index contributed by atoms with van der Waals surface area (Å²) in [7, 11) is 0. The predicted octanol–water partition coefficient (Wildman–Crippen LogP) is 2.49. The highest BCUT2D eigenvalue weighted by Gasteiger charge is 2.38. The smallest absolute Gasteiger partial charge is 0.261 e. The molecule has 0 radical (unpaired) electrons. The molecule has 0 aromatic carbocycles. The topological polar surface area (TPSA) is 60.2 Å². The monoisotopic (exact) mass is 301 g/mol. The van der Waals surface area contributed by atoms with Crippen LogP contribution in [0.2, 0.25) is 0 Å². The molecule has 2 fully saturated rings. The Morgan fingerprint density at radius 2 is 2.19 bits per heavy atom. The Labute approximate surface area is 122 Å². The standard InChI is InChI=1S/C14H21F2N3O2/c15-12(16)8-20-6-5-13-18-14(21-19-13)11-7-9-3-1-2-4-10(9)17-11/h9-12,17H,1-8H2. The zero-order valence-electron chi connectivity index (χ0n) is 11.9. The maximum Gasteiger partial charge on any atom is 0.261 e. The van der Waals surface area contributed by atoms with E-state index in [2.05, 4.69) is 15.5 Å². The number of fused-ring (bicyclic) bond motifs is 1. The van der Waals surface area contributed by atoms with Crippen LogP contribution in [0.25, 0.3) is 0 Å². The molecule has 1 aromatic rings. The van der Waals surface area contributed by atoms with Crippen molar-refractivity contribution in [3.63, 3.8) is 0 Å².